The fourth-order valence-electron chi connectivity index (χ4n) is 3.08. The molecule has 0 spiro atoms. The quantitative estimate of drug-likeness (QED) is 0.714. The Bertz CT molecular complexity index is 986. The molecule has 0 atom stereocenters. The number of nitrogens with zero attached hydrogens (tertiary/aromatic N) is 5. The molecule has 1 aliphatic heterocycles. The number of hydrogen-bond acceptors (Lipinski definition) is 6. The van der Waals surface area contributed by atoms with Crippen molar-refractivity contribution in [2.24, 2.45) is 0 Å². The molecule has 0 radical (unpaired) electrons. The van der Waals surface area contributed by atoms with Crippen LogP contribution in [0.5, 0.6) is 0 Å². The van der Waals surface area contributed by atoms with Gasteiger partial charge in [-0.25, -0.2) is 9.97 Å². The van der Waals surface area contributed by atoms with Crippen molar-refractivity contribution in [1.82, 2.24) is 14.9 Å². The zero-order valence-electron chi connectivity index (χ0n) is 14.6. The van der Waals surface area contributed by atoms with Crippen LogP contribution in [0, 0.1) is 11.3 Å². The zero-order chi connectivity index (χ0) is 18.6. The molecular formula is C20H17N5O2. The van der Waals surface area contributed by atoms with Gasteiger partial charge in [-0.15, -0.1) is 0 Å². The van der Waals surface area contributed by atoms with E-state index in [1.807, 2.05) is 18.2 Å². The minimum absolute atomic E-state index is 0.0583. The van der Waals surface area contributed by atoms with Crippen LogP contribution in [0.1, 0.15) is 15.9 Å². The van der Waals surface area contributed by atoms with Crippen molar-refractivity contribution in [3.63, 3.8) is 0 Å². The zero-order valence-corrected chi connectivity index (χ0v) is 14.6. The van der Waals surface area contributed by atoms with Gasteiger partial charge in [0.1, 0.15) is 5.69 Å². The van der Waals surface area contributed by atoms with E-state index in [0.29, 0.717) is 49.0 Å². The number of carbonyl (C=O) groups is 1. The molecule has 1 fully saturated rings. The van der Waals surface area contributed by atoms with E-state index in [4.69, 9.17) is 9.68 Å². The minimum atomic E-state index is -0.0583. The van der Waals surface area contributed by atoms with E-state index in [2.05, 4.69) is 20.9 Å². The third-order valence-electron chi connectivity index (χ3n) is 4.50. The van der Waals surface area contributed by atoms with E-state index in [-0.39, 0.29) is 5.91 Å². The monoisotopic (exact) mass is 359 g/mol. The number of piperazine rings is 1. The van der Waals surface area contributed by atoms with Gasteiger partial charge in [0.2, 0.25) is 5.95 Å². The number of hydrogen-bond donors (Lipinski definition) is 0. The lowest BCUT2D eigenvalue weighted by Gasteiger charge is -2.34. The molecule has 0 N–H and O–H groups in total. The molecule has 0 bridgehead atoms. The van der Waals surface area contributed by atoms with Crippen molar-refractivity contribution in [3.05, 3.63) is 66.1 Å². The first-order valence-electron chi connectivity index (χ1n) is 8.66. The summed E-state index contributed by atoms with van der Waals surface area (Å²) in [5.41, 5.74) is 1.76. The molecule has 0 saturated carbocycles. The smallest absolute Gasteiger partial charge is 0.254 e. The van der Waals surface area contributed by atoms with Crippen molar-refractivity contribution in [2.45, 2.75) is 0 Å². The molecule has 7 nitrogen and oxygen atoms in total. The van der Waals surface area contributed by atoms with Gasteiger partial charge in [0, 0.05) is 37.9 Å². The number of nitriles is 1. The van der Waals surface area contributed by atoms with Crippen molar-refractivity contribution in [2.75, 3.05) is 31.1 Å². The summed E-state index contributed by atoms with van der Waals surface area (Å²) in [7, 11) is 0. The van der Waals surface area contributed by atoms with Gasteiger partial charge in [-0.3, -0.25) is 4.79 Å². The standard InChI is InChI=1S/C20H17N5O2/c21-14-15-3-1-4-16(13-15)19(26)24-8-10-25(11-9-24)20-22-7-6-17(23-20)18-5-2-12-27-18/h1-7,12-13H,8-11H2. The predicted octanol–water partition coefficient (Wildman–Crippen LogP) is 2.57. The van der Waals surface area contributed by atoms with Crippen LogP contribution in [0.15, 0.2) is 59.3 Å². The molecule has 1 aromatic carbocycles. The molecule has 7 heteroatoms. The minimum Gasteiger partial charge on any atom is -0.463 e. The SMILES string of the molecule is N#Cc1cccc(C(=O)N2CCN(c3nccc(-c4ccco4)n3)CC2)c1. The number of carbonyl (C=O) groups excluding carboxylic acids is 1. The summed E-state index contributed by atoms with van der Waals surface area (Å²) in [6.45, 7) is 2.44. The fraction of sp³-hybridized carbons (Fsp3) is 0.200. The second kappa shape index (κ2) is 7.30. The van der Waals surface area contributed by atoms with Gasteiger partial charge in [0.05, 0.1) is 17.9 Å². The maximum Gasteiger partial charge on any atom is 0.254 e. The molecule has 4 rings (SSSR count). The Morgan fingerprint density at radius 2 is 1.96 bits per heavy atom. The summed E-state index contributed by atoms with van der Waals surface area (Å²) in [6.07, 6.45) is 3.33. The van der Waals surface area contributed by atoms with Crippen LogP contribution in [0.3, 0.4) is 0 Å². The topological polar surface area (TPSA) is 86.3 Å². The molecule has 27 heavy (non-hydrogen) atoms. The third-order valence-corrected chi connectivity index (χ3v) is 4.50. The van der Waals surface area contributed by atoms with Crippen molar-refractivity contribution in [3.8, 4) is 17.5 Å². The highest BCUT2D eigenvalue weighted by molar-refractivity contribution is 5.94. The third kappa shape index (κ3) is 3.51. The summed E-state index contributed by atoms with van der Waals surface area (Å²) in [6, 6.07) is 14.4. The van der Waals surface area contributed by atoms with E-state index < -0.39 is 0 Å². The number of benzene rings is 1. The van der Waals surface area contributed by atoms with Crippen LogP contribution >= 0.6 is 0 Å². The number of rotatable bonds is 3. The predicted molar refractivity (Wildman–Crippen MR) is 99.0 cm³/mol. The van der Waals surface area contributed by atoms with E-state index in [1.165, 1.54) is 0 Å². The van der Waals surface area contributed by atoms with Crippen LogP contribution in [0.2, 0.25) is 0 Å². The Labute approximate surface area is 156 Å². The lowest BCUT2D eigenvalue weighted by atomic mass is 10.1. The Balaban J connectivity index is 1.44. The van der Waals surface area contributed by atoms with Crippen LogP contribution < -0.4 is 4.90 Å². The normalized spacial score (nSPS) is 14.0. The summed E-state index contributed by atoms with van der Waals surface area (Å²) < 4.78 is 5.39. The first-order chi connectivity index (χ1) is 13.2. The molecular weight excluding hydrogens is 342 g/mol. The van der Waals surface area contributed by atoms with E-state index >= 15 is 0 Å². The van der Waals surface area contributed by atoms with Crippen LogP contribution in [-0.4, -0.2) is 47.0 Å². The van der Waals surface area contributed by atoms with Gasteiger partial charge in [0.25, 0.3) is 5.91 Å². The van der Waals surface area contributed by atoms with Gasteiger partial charge < -0.3 is 14.2 Å². The van der Waals surface area contributed by atoms with Gasteiger partial charge in [0.15, 0.2) is 5.76 Å². The Kier molecular flexibility index (Phi) is 4.54. The first kappa shape index (κ1) is 16.8. The largest absolute Gasteiger partial charge is 0.463 e. The molecule has 0 aliphatic carbocycles. The highest BCUT2D eigenvalue weighted by Crippen LogP contribution is 2.20. The fourth-order valence-corrected chi connectivity index (χ4v) is 3.08. The lowest BCUT2D eigenvalue weighted by molar-refractivity contribution is 0.0746. The van der Waals surface area contributed by atoms with Crippen LogP contribution in [0.4, 0.5) is 5.95 Å². The second-order valence-corrected chi connectivity index (χ2v) is 6.19. The number of aromatic nitrogens is 2. The number of anilines is 1. The maximum absolute atomic E-state index is 12.7. The van der Waals surface area contributed by atoms with Crippen molar-refractivity contribution < 1.29 is 9.21 Å². The van der Waals surface area contributed by atoms with E-state index in [1.54, 1.807) is 41.6 Å². The Morgan fingerprint density at radius 3 is 2.70 bits per heavy atom. The average molecular weight is 359 g/mol. The Morgan fingerprint density at radius 1 is 1.11 bits per heavy atom. The number of furan rings is 1. The van der Waals surface area contributed by atoms with Crippen LogP contribution in [-0.2, 0) is 0 Å². The molecule has 3 aromatic rings. The first-order valence-corrected chi connectivity index (χ1v) is 8.66. The lowest BCUT2D eigenvalue weighted by Crippen LogP contribution is -2.49. The maximum atomic E-state index is 12.7. The molecule has 1 amide bonds. The van der Waals surface area contributed by atoms with E-state index in [9.17, 15) is 4.79 Å². The summed E-state index contributed by atoms with van der Waals surface area (Å²) in [5.74, 6) is 1.27. The molecule has 1 saturated heterocycles. The Hall–Kier alpha value is -3.66. The highest BCUT2D eigenvalue weighted by Gasteiger charge is 2.24. The van der Waals surface area contributed by atoms with Gasteiger partial charge in [-0.05, 0) is 36.4 Å². The van der Waals surface area contributed by atoms with Gasteiger partial charge in [-0.1, -0.05) is 6.07 Å². The van der Waals surface area contributed by atoms with E-state index in [0.717, 1.165) is 5.69 Å². The number of amides is 1. The van der Waals surface area contributed by atoms with Gasteiger partial charge >= 0.3 is 0 Å². The summed E-state index contributed by atoms with van der Waals surface area (Å²) >= 11 is 0. The average Bonchev–Trinajstić information content (AvgIpc) is 3.28. The van der Waals surface area contributed by atoms with Gasteiger partial charge in [-0.2, -0.15) is 5.26 Å². The molecule has 1 aliphatic rings. The van der Waals surface area contributed by atoms with Crippen LogP contribution in [0.25, 0.3) is 11.5 Å². The molecule has 3 heterocycles. The molecule has 2 aromatic heterocycles. The molecule has 0 unspecified atom stereocenters. The second-order valence-electron chi connectivity index (χ2n) is 6.19. The van der Waals surface area contributed by atoms with Crippen molar-refractivity contribution >= 4 is 11.9 Å². The summed E-state index contributed by atoms with van der Waals surface area (Å²) in [4.78, 5) is 25.5. The molecule has 134 valence electrons. The van der Waals surface area contributed by atoms with Crippen molar-refractivity contribution in [1.29, 1.82) is 5.26 Å². The highest BCUT2D eigenvalue weighted by atomic mass is 16.3. The summed E-state index contributed by atoms with van der Waals surface area (Å²) in [5, 5.41) is 9.00.